The molecule has 0 heterocycles. The quantitative estimate of drug-likeness (QED) is 0.665. The van der Waals surface area contributed by atoms with Crippen LogP contribution in [0.1, 0.15) is 46.0 Å². The molecule has 0 aromatic carbocycles. The van der Waals surface area contributed by atoms with Crippen molar-refractivity contribution in [2.45, 2.75) is 52.1 Å². The number of aliphatic hydroxyl groups is 1. The summed E-state index contributed by atoms with van der Waals surface area (Å²) in [5.41, 5.74) is 0.436. The lowest BCUT2D eigenvalue weighted by Gasteiger charge is -2.37. The molecule has 13 heavy (non-hydrogen) atoms. The van der Waals surface area contributed by atoms with Crippen LogP contribution in [0.4, 0.5) is 0 Å². The van der Waals surface area contributed by atoms with Crippen LogP contribution in [-0.2, 0) is 0 Å². The minimum atomic E-state index is -0.155. The van der Waals surface area contributed by atoms with Crippen LogP contribution >= 0.6 is 0 Å². The predicted molar refractivity (Wildman–Crippen MR) is 56.6 cm³/mol. The Hall–Kier alpha value is -0.300. The van der Waals surface area contributed by atoms with Gasteiger partial charge in [-0.25, -0.2) is 0 Å². The van der Waals surface area contributed by atoms with Gasteiger partial charge in [-0.15, -0.1) is 6.58 Å². The maximum absolute atomic E-state index is 9.83. The van der Waals surface area contributed by atoms with Crippen molar-refractivity contribution in [3.8, 4) is 0 Å². The van der Waals surface area contributed by atoms with E-state index < -0.39 is 0 Å². The molecule has 1 heteroatoms. The fourth-order valence-corrected chi connectivity index (χ4v) is 2.45. The Morgan fingerprint density at radius 1 is 1.62 bits per heavy atom. The van der Waals surface area contributed by atoms with Gasteiger partial charge in [0.25, 0.3) is 0 Å². The summed E-state index contributed by atoms with van der Waals surface area (Å²) in [5, 5.41) is 9.83. The van der Waals surface area contributed by atoms with E-state index >= 15 is 0 Å². The molecule has 1 fully saturated rings. The first-order chi connectivity index (χ1) is 6.05. The fourth-order valence-electron chi connectivity index (χ4n) is 2.45. The molecule has 2 atom stereocenters. The molecule has 0 amide bonds. The van der Waals surface area contributed by atoms with Crippen LogP contribution < -0.4 is 0 Å². The van der Waals surface area contributed by atoms with E-state index in [-0.39, 0.29) is 6.10 Å². The SMILES string of the molecule is C=CCC(O)C1CCCC(C)(C)C1. The normalized spacial score (nSPS) is 29.6. The van der Waals surface area contributed by atoms with Gasteiger partial charge in [-0.3, -0.25) is 0 Å². The summed E-state index contributed by atoms with van der Waals surface area (Å²) in [6.45, 7) is 8.28. The minimum absolute atomic E-state index is 0.155. The number of rotatable bonds is 3. The largest absolute Gasteiger partial charge is 0.393 e. The summed E-state index contributed by atoms with van der Waals surface area (Å²) in [6, 6.07) is 0. The van der Waals surface area contributed by atoms with Crippen LogP contribution in [0.25, 0.3) is 0 Å². The zero-order valence-electron chi connectivity index (χ0n) is 8.92. The number of aliphatic hydroxyl groups excluding tert-OH is 1. The third-order valence-corrected chi connectivity index (χ3v) is 3.20. The summed E-state index contributed by atoms with van der Waals surface area (Å²) in [5.74, 6) is 0.502. The molecular weight excluding hydrogens is 160 g/mol. The van der Waals surface area contributed by atoms with Gasteiger partial charge in [0.05, 0.1) is 6.10 Å². The van der Waals surface area contributed by atoms with Crippen molar-refractivity contribution in [1.29, 1.82) is 0 Å². The van der Waals surface area contributed by atoms with Gasteiger partial charge in [0.2, 0.25) is 0 Å². The van der Waals surface area contributed by atoms with Crippen molar-refractivity contribution in [3.05, 3.63) is 12.7 Å². The van der Waals surface area contributed by atoms with E-state index in [2.05, 4.69) is 20.4 Å². The topological polar surface area (TPSA) is 20.2 Å². The Bertz CT molecular complexity index is 172. The fraction of sp³-hybridized carbons (Fsp3) is 0.833. The molecule has 1 aliphatic rings. The highest BCUT2D eigenvalue weighted by Crippen LogP contribution is 2.40. The average Bonchev–Trinajstić information content (AvgIpc) is 2.03. The van der Waals surface area contributed by atoms with Crippen LogP contribution in [0.15, 0.2) is 12.7 Å². The molecular formula is C12H22O. The van der Waals surface area contributed by atoms with Crippen molar-refractivity contribution in [1.82, 2.24) is 0 Å². The lowest BCUT2D eigenvalue weighted by Crippen LogP contribution is -2.30. The lowest BCUT2D eigenvalue weighted by atomic mass is 9.70. The second-order valence-electron chi connectivity index (χ2n) is 5.11. The van der Waals surface area contributed by atoms with E-state index in [1.165, 1.54) is 25.7 Å². The monoisotopic (exact) mass is 182 g/mol. The van der Waals surface area contributed by atoms with Crippen molar-refractivity contribution >= 4 is 0 Å². The third-order valence-electron chi connectivity index (χ3n) is 3.20. The Balaban J connectivity index is 2.46. The van der Waals surface area contributed by atoms with Crippen LogP contribution in [0.5, 0.6) is 0 Å². The van der Waals surface area contributed by atoms with Crippen molar-refractivity contribution in [2.75, 3.05) is 0 Å². The van der Waals surface area contributed by atoms with E-state index in [9.17, 15) is 5.11 Å². The molecule has 1 nitrogen and oxygen atoms in total. The Morgan fingerprint density at radius 3 is 2.85 bits per heavy atom. The molecule has 1 rings (SSSR count). The zero-order valence-corrected chi connectivity index (χ0v) is 8.92. The molecule has 76 valence electrons. The second kappa shape index (κ2) is 4.28. The predicted octanol–water partition coefficient (Wildman–Crippen LogP) is 3.14. The van der Waals surface area contributed by atoms with E-state index in [1.807, 2.05) is 6.08 Å². The summed E-state index contributed by atoms with van der Waals surface area (Å²) >= 11 is 0. The summed E-state index contributed by atoms with van der Waals surface area (Å²) in [6.07, 6.45) is 7.36. The molecule has 0 bridgehead atoms. The molecule has 0 aliphatic heterocycles. The maximum atomic E-state index is 9.83. The van der Waals surface area contributed by atoms with Gasteiger partial charge in [0.1, 0.15) is 0 Å². The van der Waals surface area contributed by atoms with E-state index in [0.717, 1.165) is 6.42 Å². The Kier molecular flexibility index (Phi) is 3.55. The van der Waals surface area contributed by atoms with Crippen LogP contribution in [0, 0.1) is 11.3 Å². The van der Waals surface area contributed by atoms with Gasteiger partial charge >= 0.3 is 0 Å². The number of hydrogen-bond acceptors (Lipinski definition) is 1. The smallest absolute Gasteiger partial charge is 0.0602 e. The number of hydrogen-bond donors (Lipinski definition) is 1. The molecule has 2 unspecified atom stereocenters. The molecule has 1 saturated carbocycles. The summed E-state index contributed by atoms with van der Waals surface area (Å²) in [4.78, 5) is 0. The first kappa shape index (κ1) is 10.8. The van der Waals surface area contributed by atoms with Crippen LogP contribution in [0.2, 0.25) is 0 Å². The van der Waals surface area contributed by atoms with Gasteiger partial charge in [-0.2, -0.15) is 0 Å². The lowest BCUT2D eigenvalue weighted by molar-refractivity contribution is 0.0488. The first-order valence-electron chi connectivity index (χ1n) is 5.34. The Morgan fingerprint density at radius 2 is 2.31 bits per heavy atom. The van der Waals surface area contributed by atoms with Crippen molar-refractivity contribution < 1.29 is 5.11 Å². The molecule has 1 N–H and O–H groups in total. The average molecular weight is 182 g/mol. The van der Waals surface area contributed by atoms with Gasteiger partial charge < -0.3 is 5.11 Å². The van der Waals surface area contributed by atoms with Crippen LogP contribution in [0.3, 0.4) is 0 Å². The first-order valence-corrected chi connectivity index (χ1v) is 5.34. The third kappa shape index (κ3) is 3.15. The molecule has 1 aliphatic carbocycles. The van der Waals surface area contributed by atoms with Gasteiger partial charge in [0, 0.05) is 0 Å². The van der Waals surface area contributed by atoms with Crippen molar-refractivity contribution in [3.63, 3.8) is 0 Å². The van der Waals surface area contributed by atoms with Crippen LogP contribution in [-0.4, -0.2) is 11.2 Å². The second-order valence-corrected chi connectivity index (χ2v) is 5.11. The molecule has 0 aromatic heterocycles. The van der Waals surface area contributed by atoms with Gasteiger partial charge in [0.15, 0.2) is 0 Å². The van der Waals surface area contributed by atoms with E-state index in [1.54, 1.807) is 0 Å². The minimum Gasteiger partial charge on any atom is -0.393 e. The summed E-state index contributed by atoms with van der Waals surface area (Å²) < 4.78 is 0. The standard InChI is InChI=1S/C12H22O/c1-4-6-11(13)10-7-5-8-12(2,3)9-10/h4,10-11,13H,1,5-9H2,2-3H3. The van der Waals surface area contributed by atoms with E-state index in [0.29, 0.717) is 11.3 Å². The molecule has 0 radical (unpaired) electrons. The Labute approximate surface area is 81.9 Å². The highest BCUT2D eigenvalue weighted by atomic mass is 16.3. The zero-order chi connectivity index (χ0) is 9.90. The molecule has 0 aromatic rings. The maximum Gasteiger partial charge on any atom is 0.0602 e. The van der Waals surface area contributed by atoms with Crippen molar-refractivity contribution in [2.24, 2.45) is 11.3 Å². The summed E-state index contributed by atoms with van der Waals surface area (Å²) in [7, 11) is 0. The van der Waals surface area contributed by atoms with Gasteiger partial charge in [-0.05, 0) is 37.0 Å². The van der Waals surface area contributed by atoms with E-state index in [4.69, 9.17) is 0 Å². The molecule has 0 saturated heterocycles. The highest BCUT2D eigenvalue weighted by molar-refractivity contribution is 4.85. The van der Waals surface area contributed by atoms with Gasteiger partial charge in [-0.1, -0.05) is 26.3 Å². The highest BCUT2D eigenvalue weighted by Gasteiger charge is 2.31. The molecule has 0 spiro atoms.